The largest absolute Gasteiger partial charge is 0.399 e. The van der Waals surface area contributed by atoms with Crippen LogP contribution >= 0.6 is 0 Å². The molecule has 1 aromatic carbocycles. The number of rotatable bonds is 4. The van der Waals surface area contributed by atoms with Gasteiger partial charge in [-0.3, -0.25) is 5.43 Å². The first-order valence-corrected chi connectivity index (χ1v) is 4.99. The Kier molecular flexibility index (Phi) is 4.32. The van der Waals surface area contributed by atoms with Crippen LogP contribution in [0.1, 0.15) is 6.92 Å². The molecule has 0 spiro atoms. The lowest BCUT2D eigenvalue weighted by atomic mass is 10.3. The number of hydrogen-bond donors (Lipinski definition) is 3. The van der Waals surface area contributed by atoms with Gasteiger partial charge in [0.15, 0.2) is 0 Å². The highest BCUT2D eigenvalue weighted by Gasteiger charge is 1.97. The zero-order valence-corrected chi connectivity index (χ0v) is 9.57. The van der Waals surface area contributed by atoms with E-state index in [0.717, 1.165) is 17.2 Å². The van der Waals surface area contributed by atoms with Crippen molar-refractivity contribution in [2.45, 2.75) is 6.92 Å². The summed E-state index contributed by atoms with van der Waals surface area (Å²) in [6.07, 6.45) is 1.34. The summed E-state index contributed by atoms with van der Waals surface area (Å²) in [6, 6.07) is 7.36. The Labute approximate surface area is 95.5 Å². The topological polar surface area (TPSA) is 77.5 Å². The van der Waals surface area contributed by atoms with Crippen molar-refractivity contribution in [3.63, 3.8) is 0 Å². The van der Waals surface area contributed by atoms with Gasteiger partial charge in [0.25, 0.3) is 0 Å². The van der Waals surface area contributed by atoms with Crippen molar-refractivity contribution in [3.8, 4) is 0 Å². The van der Waals surface area contributed by atoms with Crippen LogP contribution < -0.4 is 11.2 Å². The second-order valence-corrected chi connectivity index (χ2v) is 3.48. The fraction of sp³-hybridized carbons (Fsp3) is 0.273. The Morgan fingerprint density at radius 1 is 1.50 bits per heavy atom. The van der Waals surface area contributed by atoms with Crippen molar-refractivity contribution >= 4 is 23.4 Å². The van der Waals surface area contributed by atoms with Gasteiger partial charge in [-0.2, -0.15) is 5.10 Å². The molecule has 0 amide bonds. The zero-order chi connectivity index (χ0) is 12.0. The van der Waals surface area contributed by atoms with Gasteiger partial charge < -0.3 is 16.0 Å². The van der Waals surface area contributed by atoms with Gasteiger partial charge in [-0.1, -0.05) is 0 Å². The summed E-state index contributed by atoms with van der Waals surface area (Å²) in [5, 5.41) is 11.2. The van der Waals surface area contributed by atoms with Gasteiger partial charge in [-0.05, 0) is 31.2 Å². The first-order chi connectivity index (χ1) is 7.63. The van der Waals surface area contributed by atoms with Gasteiger partial charge in [0, 0.05) is 18.9 Å². The Hall–Kier alpha value is -2.04. The number of hydrogen-bond acceptors (Lipinski definition) is 4. The van der Waals surface area contributed by atoms with E-state index in [9.17, 15) is 0 Å². The number of amidine groups is 1. The molecule has 0 saturated heterocycles. The molecular weight excluding hydrogens is 202 g/mol. The van der Waals surface area contributed by atoms with Crippen molar-refractivity contribution in [2.75, 3.05) is 24.8 Å². The van der Waals surface area contributed by atoms with Crippen LogP contribution in [0.5, 0.6) is 0 Å². The molecule has 0 aliphatic heterocycles. The van der Waals surface area contributed by atoms with Crippen molar-refractivity contribution < 1.29 is 0 Å². The van der Waals surface area contributed by atoms with E-state index in [1.54, 1.807) is 0 Å². The normalized spacial score (nSPS) is 11.0. The van der Waals surface area contributed by atoms with E-state index >= 15 is 0 Å². The van der Waals surface area contributed by atoms with Crippen LogP contribution in [0, 0.1) is 5.41 Å². The van der Waals surface area contributed by atoms with Gasteiger partial charge in [-0.15, -0.1) is 0 Å². The maximum absolute atomic E-state index is 6.99. The van der Waals surface area contributed by atoms with Crippen LogP contribution in [-0.2, 0) is 0 Å². The minimum absolute atomic E-state index is 0.554. The highest BCUT2D eigenvalue weighted by atomic mass is 15.3. The van der Waals surface area contributed by atoms with E-state index in [-0.39, 0.29) is 0 Å². The minimum Gasteiger partial charge on any atom is -0.399 e. The highest BCUT2D eigenvalue weighted by Crippen LogP contribution is 2.10. The van der Waals surface area contributed by atoms with Gasteiger partial charge in [0.2, 0.25) is 0 Å². The van der Waals surface area contributed by atoms with Crippen LogP contribution in [0.4, 0.5) is 11.4 Å². The molecule has 0 aliphatic carbocycles. The molecule has 1 aromatic rings. The molecule has 5 heteroatoms. The minimum atomic E-state index is 0.554. The van der Waals surface area contributed by atoms with Crippen LogP contribution in [0.3, 0.4) is 0 Å². The third kappa shape index (κ3) is 3.61. The molecule has 0 bridgehead atoms. The van der Waals surface area contributed by atoms with Gasteiger partial charge >= 0.3 is 0 Å². The summed E-state index contributed by atoms with van der Waals surface area (Å²) in [5.41, 5.74) is 10.1. The van der Waals surface area contributed by atoms with Crippen molar-refractivity contribution in [1.82, 2.24) is 4.90 Å². The molecule has 0 aliphatic rings. The third-order valence-corrected chi connectivity index (χ3v) is 2.18. The van der Waals surface area contributed by atoms with Crippen molar-refractivity contribution in [3.05, 3.63) is 24.3 Å². The maximum Gasteiger partial charge on any atom is 0.122 e. The molecule has 0 radical (unpaired) electrons. The predicted molar refractivity (Wildman–Crippen MR) is 69.0 cm³/mol. The lowest BCUT2D eigenvalue weighted by molar-refractivity contribution is 0.579. The first-order valence-electron chi connectivity index (χ1n) is 4.99. The number of anilines is 2. The summed E-state index contributed by atoms with van der Waals surface area (Å²) >= 11 is 0. The third-order valence-electron chi connectivity index (χ3n) is 2.18. The standard InChI is InChI=1S/C11H17N5/c1-9(16(2)8-7-12)14-15-11-5-3-10(13)4-6-11/h3-7,12,15H,8,13H2,1-2H3. The first kappa shape index (κ1) is 12.0. The molecule has 0 unspecified atom stereocenters. The average Bonchev–Trinajstić information content (AvgIpc) is 2.28. The zero-order valence-electron chi connectivity index (χ0n) is 9.57. The molecule has 0 heterocycles. The summed E-state index contributed by atoms with van der Waals surface area (Å²) in [6.45, 7) is 2.44. The van der Waals surface area contributed by atoms with Gasteiger partial charge in [-0.25, -0.2) is 0 Å². The molecule has 1 rings (SSSR count). The van der Waals surface area contributed by atoms with E-state index in [1.807, 2.05) is 43.1 Å². The van der Waals surface area contributed by atoms with E-state index < -0.39 is 0 Å². The van der Waals surface area contributed by atoms with E-state index in [1.165, 1.54) is 6.21 Å². The molecule has 0 saturated carbocycles. The molecule has 16 heavy (non-hydrogen) atoms. The van der Waals surface area contributed by atoms with E-state index in [2.05, 4.69) is 10.5 Å². The SMILES string of the molecule is CC(=NNc1ccc(N)cc1)N(C)CC=N. The van der Waals surface area contributed by atoms with Gasteiger partial charge in [0.1, 0.15) is 5.84 Å². The number of nitrogens with zero attached hydrogens (tertiary/aromatic N) is 2. The molecular formula is C11H17N5. The quantitative estimate of drug-likeness (QED) is 0.311. The Balaban J connectivity index is 2.58. The summed E-state index contributed by atoms with van der Waals surface area (Å²) in [5.74, 6) is 0.820. The van der Waals surface area contributed by atoms with Crippen LogP contribution in [0.15, 0.2) is 29.4 Å². The monoisotopic (exact) mass is 219 g/mol. The molecule has 86 valence electrons. The summed E-state index contributed by atoms with van der Waals surface area (Å²) in [4.78, 5) is 1.87. The summed E-state index contributed by atoms with van der Waals surface area (Å²) < 4.78 is 0. The summed E-state index contributed by atoms with van der Waals surface area (Å²) in [7, 11) is 1.88. The lowest BCUT2D eigenvalue weighted by Crippen LogP contribution is -2.26. The maximum atomic E-state index is 6.99. The van der Waals surface area contributed by atoms with E-state index in [4.69, 9.17) is 11.1 Å². The Bertz CT molecular complexity index is 368. The second kappa shape index (κ2) is 5.75. The Morgan fingerprint density at radius 2 is 2.12 bits per heavy atom. The smallest absolute Gasteiger partial charge is 0.122 e. The fourth-order valence-electron chi connectivity index (χ4n) is 1.06. The van der Waals surface area contributed by atoms with Gasteiger partial charge in [0.05, 0.1) is 12.2 Å². The molecule has 5 nitrogen and oxygen atoms in total. The molecule has 0 fully saturated rings. The average molecular weight is 219 g/mol. The molecule has 0 atom stereocenters. The number of benzene rings is 1. The van der Waals surface area contributed by atoms with Crippen LogP contribution in [-0.4, -0.2) is 30.5 Å². The van der Waals surface area contributed by atoms with Crippen molar-refractivity contribution in [1.29, 1.82) is 5.41 Å². The predicted octanol–water partition coefficient (Wildman–Crippen LogP) is 1.60. The lowest BCUT2D eigenvalue weighted by Gasteiger charge is -2.15. The molecule has 4 N–H and O–H groups in total. The number of nitrogens with one attached hydrogen (secondary N) is 2. The fourth-order valence-corrected chi connectivity index (χ4v) is 1.06. The molecule has 0 aromatic heterocycles. The number of nitrogen functional groups attached to an aromatic ring is 1. The Morgan fingerprint density at radius 3 is 2.69 bits per heavy atom. The highest BCUT2D eigenvalue weighted by molar-refractivity contribution is 5.82. The number of nitrogens with two attached hydrogens (primary N) is 1. The second-order valence-electron chi connectivity index (χ2n) is 3.48. The van der Waals surface area contributed by atoms with Crippen LogP contribution in [0.25, 0.3) is 0 Å². The van der Waals surface area contributed by atoms with Crippen molar-refractivity contribution in [2.24, 2.45) is 5.10 Å². The number of hydrazone groups is 1. The van der Waals surface area contributed by atoms with Crippen LogP contribution in [0.2, 0.25) is 0 Å². The van der Waals surface area contributed by atoms with E-state index in [0.29, 0.717) is 6.54 Å².